The second-order valence-electron chi connectivity index (χ2n) is 6.47. The molecule has 30 heavy (non-hydrogen) atoms. The first-order valence-electron chi connectivity index (χ1n) is 9.42. The van der Waals surface area contributed by atoms with Crippen molar-refractivity contribution in [1.82, 2.24) is 4.72 Å². The van der Waals surface area contributed by atoms with Crippen LogP contribution >= 0.6 is 0 Å². The van der Waals surface area contributed by atoms with Crippen molar-refractivity contribution < 1.29 is 32.2 Å². The van der Waals surface area contributed by atoms with Gasteiger partial charge in [0.05, 0.1) is 5.75 Å². The van der Waals surface area contributed by atoms with Gasteiger partial charge in [0.2, 0.25) is 10.0 Å². The highest BCUT2D eigenvalue weighted by molar-refractivity contribution is 7.89. The van der Waals surface area contributed by atoms with Crippen molar-refractivity contribution in [2.24, 2.45) is 0 Å². The molecule has 0 unspecified atom stereocenters. The minimum Gasteiger partial charge on any atom is -0.492 e. The largest absolute Gasteiger partial charge is 0.492 e. The maximum absolute atomic E-state index is 12.4. The average molecular weight is 433 g/mol. The summed E-state index contributed by atoms with van der Waals surface area (Å²) in [5.41, 5.74) is 1.10. The molecule has 2 N–H and O–H groups in total. The number of hydrogen-bond donors (Lipinski definition) is 2. The van der Waals surface area contributed by atoms with E-state index >= 15 is 0 Å². The van der Waals surface area contributed by atoms with Crippen LogP contribution in [-0.2, 0) is 27.8 Å². The third kappa shape index (κ3) is 5.52. The lowest BCUT2D eigenvalue weighted by atomic mass is 10.1. The van der Waals surface area contributed by atoms with Gasteiger partial charge in [0.25, 0.3) is 0 Å². The molecule has 0 saturated heterocycles. The van der Waals surface area contributed by atoms with Crippen LogP contribution in [0.2, 0.25) is 0 Å². The number of sulfonamides is 1. The van der Waals surface area contributed by atoms with E-state index in [4.69, 9.17) is 19.0 Å². The van der Waals surface area contributed by atoms with Crippen molar-refractivity contribution in [3.63, 3.8) is 0 Å². The average Bonchev–Trinajstić information content (AvgIpc) is 3.09. The minimum absolute atomic E-state index is 0.0271. The fourth-order valence-electron chi connectivity index (χ4n) is 2.97. The molecular formula is C21H23NO7S. The number of carbonyl (C=O) groups is 1. The van der Waals surface area contributed by atoms with Gasteiger partial charge < -0.3 is 19.0 Å². The summed E-state index contributed by atoms with van der Waals surface area (Å²) < 4.78 is 43.9. The van der Waals surface area contributed by atoms with Crippen molar-refractivity contribution in [2.75, 3.05) is 19.0 Å². The predicted octanol–water partition coefficient (Wildman–Crippen LogP) is 2.96. The normalized spacial score (nSPS) is 11.5. The molecule has 0 aliphatic heterocycles. The Hall–Kier alpha value is -3.04. The zero-order valence-corrected chi connectivity index (χ0v) is 17.3. The summed E-state index contributed by atoms with van der Waals surface area (Å²) in [7, 11) is -3.58. The molecule has 0 atom stereocenters. The molecule has 160 valence electrons. The second-order valence-corrected chi connectivity index (χ2v) is 8.40. The second kappa shape index (κ2) is 9.64. The van der Waals surface area contributed by atoms with Gasteiger partial charge in [0.1, 0.15) is 18.1 Å². The molecule has 0 radical (unpaired) electrons. The lowest BCUT2D eigenvalue weighted by Gasteiger charge is -2.09. The molecule has 8 nitrogen and oxygen atoms in total. The fraction of sp³-hybridized carbons (Fsp3) is 0.286. The third-order valence-electron chi connectivity index (χ3n) is 4.37. The molecule has 3 rings (SSSR count). The van der Waals surface area contributed by atoms with E-state index < -0.39 is 22.6 Å². The van der Waals surface area contributed by atoms with Crippen molar-refractivity contribution in [2.45, 2.75) is 19.9 Å². The van der Waals surface area contributed by atoms with Crippen LogP contribution in [0.3, 0.4) is 0 Å². The number of benzene rings is 2. The van der Waals surface area contributed by atoms with Crippen LogP contribution in [0, 0.1) is 0 Å². The van der Waals surface area contributed by atoms with Crippen LogP contribution in [0.25, 0.3) is 11.0 Å². The van der Waals surface area contributed by atoms with Crippen molar-refractivity contribution >= 4 is 27.0 Å². The zero-order valence-electron chi connectivity index (χ0n) is 16.5. The first-order chi connectivity index (χ1) is 14.4. The highest BCUT2D eigenvalue weighted by Gasteiger charge is 2.19. The maximum Gasteiger partial charge on any atom is 0.341 e. The fourth-order valence-corrected chi connectivity index (χ4v) is 3.78. The highest BCUT2D eigenvalue weighted by Crippen LogP contribution is 2.33. The standard InChI is InChI=1S/C21H23NO7S/c1-2-18-17(16-9-6-10-19(21(16)29-18)28-14-20(23)24)13-22-30(25,26)12-11-27-15-7-4-3-5-8-15/h3-10,22H,2,11-14H2,1H3,(H,23,24). The Morgan fingerprint density at radius 1 is 1.10 bits per heavy atom. The number of carboxylic acid groups (broad SMARTS) is 1. The summed E-state index contributed by atoms with van der Waals surface area (Å²) in [4.78, 5) is 10.8. The van der Waals surface area contributed by atoms with Crippen LogP contribution in [0.1, 0.15) is 18.2 Å². The summed E-state index contributed by atoms with van der Waals surface area (Å²) in [6.07, 6.45) is 0.543. The van der Waals surface area contributed by atoms with E-state index in [1.54, 1.807) is 30.3 Å². The Kier molecular flexibility index (Phi) is 6.96. The van der Waals surface area contributed by atoms with Crippen molar-refractivity contribution in [3.05, 3.63) is 59.9 Å². The number of ether oxygens (including phenoxy) is 2. The zero-order chi connectivity index (χ0) is 21.6. The van der Waals surface area contributed by atoms with E-state index in [0.29, 0.717) is 40.2 Å². The molecule has 0 aliphatic rings. The number of furan rings is 1. The van der Waals surface area contributed by atoms with E-state index in [1.165, 1.54) is 0 Å². The van der Waals surface area contributed by atoms with Gasteiger partial charge in [-0.1, -0.05) is 37.3 Å². The molecular weight excluding hydrogens is 410 g/mol. The molecule has 3 aromatic rings. The molecule has 0 spiro atoms. The Bertz CT molecular complexity index is 1110. The Balaban J connectivity index is 1.70. The summed E-state index contributed by atoms with van der Waals surface area (Å²) in [5.74, 6) is 0.233. The number of nitrogens with one attached hydrogen (secondary N) is 1. The number of aryl methyl sites for hydroxylation is 1. The van der Waals surface area contributed by atoms with Gasteiger partial charge in [-0.3, -0.25) is 0 Å². The Morgan fingerprint density at radius 2 is 1.87 bits per heavy atom. The van der Waals surface area contributed by atoms with Gasteiger partial charge >= 0.3 is 5.97 Å². The molecule has 0 amide bonds. The maximum atomic E-state index is 12.4. The summed E-state index contributed by atoms with van der Waals surface area (Å²) in [6, 6.07) is 14.1. The molecule has 1 heterocycles. The third-order valence-corrected chi connectivity index (χ3v) is 5.66. The van der Waals surface area contributed by atoms with E-state index in [0.717, 1.165) is 0 Å². The van der Waals surface area contributed by atoms with E-state index in [-0.39, 0.29) is 18.9 Å². The van der Waals surface area contributed by atoms with Crippen molar-refractivity contribution in [1.29, 1.82) is 0 Å². The molecule has 0 saturated carbocycles. The molecule has 2 aromatic carbocycles. The van der Waals surface area contributed by atoms with Crippen LogP contribution in [0.15, 0.2) is 52.9 Å². The number of para-hydroxylation sites is 2. The first-order valence-corrected chi connectivity index (χ1v) is 11.1. The highest BCUT2D eigenvalue weighted by atomic mass is 32.2. The number of hydrogen-bond acceptors (Lipinski definition) is 6. The van der Waals surface area contributed by atoms with E-state index in [1.807, 2.05) is 25.1 Å². The van der Waals surface area contributed by atoms with Gasteiger partial charge in [-0.25, -0.2) is 17.9 Å². The van der Waals surface area contributed by atoms with Gasteiger partial charge in [0, 0.05) is 23.9 Å². The number of aliphatic carboxylic acids is 1. The van der Waals surface area contributed by atoms with Gasteiger partial charge in [-0.15, -0.1) is 0 Å². The van der Waals surface area contributed by atoms with Crippen LogP contribution in [0.5, 0.6) is 11.5 Å². The molecule has 9 heteroatoms. The minimum atomic E-state index is -3.58. The topological polar surface area (TPSA) is 115 Å². The van der Waals surface area contributed by atoms with Crippen LogP contribution < -0.4 is 14.2 Å². The van der Waals surface area contributed by atoms with Gasteiger partial charge in [0.15, 0.2) is 17.9 Å². The first kappa shape index (κ1) is 21.7. The van der Waals surface area contributed by atoms with Gasteiger partial charge in [-0.05, 0) is 18.2 Å². The Morgan fingerprint density at radius 3 is 2.57 bits per heavy atom. The van der Waals surface area contributed by atoms with Crippen molar-refractivity contribution in [3.8, 4) is 11.5 Å². The molecule has 0 aliphatic carbocycles. The SMILES string of the molecule is CCc1oc2c(OCC(=O)O)cccc2c1CNS(=O)(=O)CCOc1ccccc1. The monoisotopic (exact) mass is 433 g/mol. The lowest BCUT2D eigenvalue weighted by Crippen LogP contribution is -2.28. The van der Waals surface area contributed by atoms with E-state index in [2.05, 4.69) is 4.72 Å². The smallest absolute Gasteiger partial charge is 0.341 e. The van der Waals surface area contributed by atoms with Crippen LogP contribution in [0.4, 0.5) is 0 Å². The predicted molar refractivity (Wildman–Crippen MR) is 111 cm³/mol. The van der Waals surface area contributed by atoms with E-state index in [9.17, 15) is 13.2 Å². The summed E-state index contributed by atoms with van der Waals surface area (Å²) >= 11 is 0. The molecule has 0 bridgehead atoms. The number of carboxylic acids is 1. The Labute approximate surface area is 174 Å². The molecule has 0 fully saturated rings. The lowest BCUT2D eigenvalue weighted by molar-refractivity contribution is -0.139. The number of rotatable bonds is 11. The molecule has 1 aromatic heterocycles. The summed E-state index contributed by atoms with van der Waals surface area (Å²) in [5, 5.41) is 9.51. The van der Waals surface area contributed by atoms with Crippen LogP contribution in [-0.4, -0.2) is 38.5 Å². The quantitative estimate of drug-likeness (QED) is 0.478. The number of fused-ring (bicyclic) bond motifs is 1. The van der Waals surface area contributed by atoms with Gasteiger partial charge in [-0.2, -0.15) is 0 Å². The summed E-state index contributed by atoms with van der Waals surface area (Å²) in [6.45, 7) is 1.47.